The second-order valence-electron chi connectivity index (χ2n) is 7.24. The van der Waals surface area contributed by atoms with E-state index in [1.54, 1.807) is 9.80 Å². The van der Waals surface area contributed by atoms with E-state index in [0.29, 0.717) is 18.1 Å². The molecule has 1 atom stereocenters. The molecule has 2 aromatic rings. The molecule has 27 heavy (non-hydrogen) atoms. The third kappa shape index (κ3) is 3.86. The normalized spacial score (nSPS) is 16.7. The van der Waals surface area contributed by atoms with Gasteiger partial charge in [0.25, 0.3) is 0 Å². The van der Waals surface area contributed by atoms with Crippen LogP contribution in [0.5, 0.6) is 0 Å². The Morgan fingerprint density at radius 3 is 2.56 bits per heavy atom. The summed E-state index contributed by atoms with van der Waals surface area (Å²) < 4.78 is 0. The van der Waals surface area contributed by atoms with E-state index in [1.165, 1.54) is 0 Å². The summed E-state index contributed by atoms with van der Waals surface area (Å²) in [5.74, 6) is -0.433. The number of rotatable bonds is 4. The van der Waals surface area contributed by atoms with Gasteiger partial charge in [-0.1, -0.05) is 29.8 Å². The van der Waals surface area contributed by atoms with E-state index in [9.17, 15) is 9.59 Å². The van der Waals surface area contributed by atoms with Gasteiger partial charge in [-0.25, -0.2) is 0 Å². The van der Waals surface area contributed by atoms with Crippen LogP contribution in [-0.4, -0.2) is 24.9 Å². The molecule has 1 aliphatic heterocycles. The number of amides is 2. The van der Waals surface area contributed by atoms with Crippen molar-refractivity contribution in [3.63, 3.8) is 0 Å². The monoisotopic (exact) mass is 384 g/mol. The lowest BCUT2D eigenvalue weighted by atomic mass is 10.1. The highest BCUT2D eigenvalue weighted by Crippen LogP contribution is 2.36. The largest absolute Gasteiger partial charge is 0.312 e. The van der Waals surface area contributed by atoms with E-state index < -0.39 is 0 Å². The van der Waals surface area contributed by atoms with Crippen LogP contribution in [0, 0.1) is 26.7 Å². The number of aryl methyl sites for hydroxylation is 3. The van der Waals surface area contributed by atoms with Crippen molar-refractivity contribution in [2.24, 2.45) is 5.92 Å². The average Bonchev–Trinajstić information content (AvgIpc) is 2.96. The maximum atomic E-state index is 13.1. The van der Waals surface area contributed by atoms with Crippen LogP contribution in [0.15, 0.2) is 36.4 Å². The first-order chi connectivity index (χ1) is 12.8. The fourth-order valence-electron chi connectivity index (χ4n) is 3.82. The zero-order chi connectivity index (χ0) is 19.7. The Morgan fingerprint density at radius 2 is 1.93 bits per heavy atom. The van der Waals surface area contributed by atoms with Crippen LogP contribution in [0.2, 0.25) is 5.02 Å². The molecule has 1 heterocycles. The molecule has 1 fully saturated rings. The van der Waals surface area contributed by atoms with Crippen molar-refractivity contribution in [1.82, 2.24) is 0 Å². The summed E-state index contributed by atoms with van der Waals surface area (Å²) >= 11 is 6.42. The van der Waals surface area contributed by atoms with Gasteiger partial charge in [-0.05, 0) is 62.6 Å². The second-order valence-corrected chi connectivity index (χ2v) is 7.65. The molecule has 2 aromatic carbocycles. The minimum Gasteiger partial charge on any atom is -0.312 e. The van der Waals surface area contributed by atoms with Gasteiger partial charge in [-0.3, -0.25) is 9.59 Å². The fourth-order valence-corrected chi connectivity index (χ4v) is 4.24. The van der Waals surface area contributed by atoms with Gasteiger partial charge in [0.2, 0.25) is 11.8 Å². The molecule has 2 amide bonds. The lowest BCUT2D eigenvalue weighted by Gasteiger charge is -2.25. The summed E-state index contributed by atoms with van der Waals surface area (Å²) in [6.45, 7) is 8.81. The molecule has 5 heteroatoms. The fraction of sp³-hybridized carbons (Fsp3) is 0.364. The molecule has 142 valence electrons. The first-order valence-electron chi connectivity index (χ1n) is 9.27. The van der Waals surface area contributed by atoms with Crippen LogP contribution in [0.25, 0.3) is 0 Å². The maximum absolute atomic E-state index is 13.1. The molecular formula is C22H25ClN2O2. The van der Waals surface area contributed by atoms with Crippen LogP contribution >= 0.6 is 11.6 Å². The van der Waals surface area contributed by atoms with E-state index >= 15 is 0 Å². The summed E-state index contributed by atoms with van der Waals surface area (Å²) in [5.41, 5.74) is 4.70. The van der Waals surface area contributed by atoms with Gasteiger partial charge < -0.3 is 9.80 Å². The van der Waals surface area contributed by atoms with Crippen molar-refractivity contribution in [1.29, 1.82) is 0 Å². The van der Waals surface area contributed by atoms with Crippen molar-refractivity contribution < 1.29 is 9.59 Å². The molecule has 1 unspecified atom stereocenters. The molecule has 1 saturated heterocycles. The molecule has 0 N–H and O–H groups in total. The Hall–Kier alpha value is -2.33. The zero-order valence-corrected chi connectivity index (χ0v) is 17.0. The smallest absolute Gasteiger partial charge is 0.232 e. The number of benzene rings is 2. The summed E-state index contributed by atoms with van der Waals surface area (Å²) in [7, 11) is 0. The quantitative estimate of drug-likeness (QED) is 0.768. The maximum Gasteiger partial charge on any atom is 0.232 e. The lowest BCUT2D eigenvalue weighted by molar-refractivity contribution is -0.124. The Morgan fingerprint density at radius 1 is 1.19 bits per heavy atom. The topological polar surface area (TPSA) is 40.6 Å². The first-order valence-corrected chi connectivity index (χ1v) is 9.64. The lowest BCUT2D eigenvalue weighted by Crippen LogP contribution is -2.37. The molecule has 1 aliphatic rings. The van der Waals surface area contributed by atoms with Gasteiger partial charge in [-0.2, -0.15) is 0 Å². The van der Waals surface area contributed by atoms with E-state index in [4.69, 9.17) is 11.6 Å². The van der Waals surface area contributed by atoms with Gasteiger partial charge in [0, 0.05) is 25.2 Å². The van der Waals surface area contributed by atoms with Gasteiger partial charge in [0.1, 0.15) is 0 Å². The number of halogens is 1. The number of hydrogen-bond donors (Lipinski definition) is 0. The molecule has 0 radical (unpaired) electrons. The molecule has 0 spiro atoms. The van der Waals surface area contributed by atoms with Crippen molar-refractivity contribution >= 4 is 34.8 Å². The molecule has 0 bridgehead atoms. The molecule has 4 nitrogen and oxygen atoms in total. The predicted molar refractivity (Wildman–Crippen MR) is 111 cm³/mol. The van der Waals surface area contributed by atoms with Gasteiger partial charge in [-0.15, -0.1) is 0 Å². The first kappa shape index (κ1) is 19.4. The van der Waals surface area contributed by atoms with E-state index in [-0.39, 0.29) is 24.2 Å². The third-order valence-electron chi connectivity index (χ3n) is 5.04. The number of carbonyl (C=O) groups is 2. The Balaban J connectivity index is 1.85. The summed E-state index contributed by atoms with van der Waals surface area (Å²) in [5, 5.41) is 0.556. The highest BCUT2D eigenvalue weighted by molar-refractivity contribution is 6.34. The number of carbonyl (C=O) groups excluding carboxylic acids is 2. The van der Waals surface area contributed by atoms with E-state index in [1.807, 2.05) is 64.1 Å². The van der Waals surface area contributed by atoms with E-state index in [0.717, 1.165) is 28.1 Å². The van der Waals surface area contributed by atoms with Crippen LogP contribution in [0.3, 0.4) is 0 Å². The van der Waals surface area contributed by atoms with E-state index in [2.05, 4.69) is 0 Å². The van der Waals surface area contributed by atoms with Crippen molar-refractivity contribution in [3.05, 3.63) is 58.1 Å². The van der Waals surface area contributed by atoms with Crippen molar-refractivity contribution in [3.8, 4) is 0 Å². The minimum atomic E-state index is -0.366. The summed E-state index contributed by atoms with van der Waals surface area (Å²) in [6.07, 6.45) is 0.213. The van der Waals surface area contributed by atoms with Crippen LogP contribution in [0.4, 0.5) is 11.4 Å². The Kier molecular flexibility index (Phi) is 5.56. The average molecular weight is 385 g/mol. The number of anilines is 2. The third-order valence-corrected chi connectivity index (χ3v) is 5.33. The second kappa shape index (κ2) is 7.73. The molecule has 3 rings (SSSR count). The summed E-state index contributed by atoms with van der Waals surface area (Å²) in [4.78, 5) is 29.3. The van der Waals surface area contributed by atoms with Gasteiger partial charge >= 0.3 is 0 Å². The van der Waals surface area contributed by atoms with Crippen molar-refractivity contribution in [2.75, 3.05) is 22.9 Å². The van der Waals surface area contributed by atoms with Gasteiger partial charge in [0.15, 0.2) is 0 Å². The highest BCUT2D eigenvalue weighted by Gasteiger charge is 2.38. The zero-order valence-electron chi connectivity index (χ0n) is 16.3. The van der Waals surface area contributed by atoms with Crippen LogP contribution in [-0.2, 0) is 9.59 Å². The number of nitrogens with zero attached hydrogens (tertiary/aromatic N) is 2. The summed E-state index contributed by atoms with van der Waals surface area (Å²) in [6, 6.07) is 11.7. The van der Waals surface area contributed by atoms with Crippen LogP contribution in [0.1, 0.15) is 30.0 Å². The Bertz CT molecular complexity index is 871. The SMILES string of the molecule is CCN(C(=O)C1CC(=O)N(c2c(C)cc(C)cc2Cl)C1)c1cccc(C)c1. The molecule has 0 saturated carbocycles. The molecule has 0 aliphatic carbocycles. The van der Waals surface area contributed by atoms with Gasteiger partial charge in [0.05, 0.1) is 16.6 Å². The Labute approximate surface area is 165 Å². The highest BCUT2D eigenvalue weighted by atomic mass is 35.5. The standard InChI is InChI=1S/C22H25ClN2O2/c1-5-24(18-8-6-7-14(2)10-18)22(27)17-12-20(26)25(13-17)21-16(4)9-15(3)11-19(21)23/h6-11,17H,5,12-13H2,1-4H3. The van der Waals surface area contributed by atoms with Crippen molar-refractivity contribution in [2.45, 2.75) is 34.1 Å². The minimum absolute atomic E-state index is 0.0140. The van der Waals surface area contributed by atoms with Crippen LogP contribution < -0.4 is 9.80 Å². The predicted octanol–water partition coefficient (Wildman–Crippen LogP) is 4.67. The molecule has 0 aromatic heterocycles. The molecular weight excluding hydrogens is 360 g/mol. The number of hydrogen-bond acceptors (Lipinski definition) is 2.